The third-order valence-electron chi connectivity index (χ3n) is 1.82. The second kappa shape index (κ2) is 8.77. The molecule has 0 atom stereocenters. The number of rotatable bonds is 8. The van der Waals surface area contributed by atoms with Crippen LogP contribution in [0.2, 0.25) is 0 Å². The van der Waals surface area contributed by atoms with Gasteiger partial charge in [0.05, 0.1) is 0 Å². The normalized spacial score (nSPS) is 10.1. The molecule has 0 aromatic carbocycles. The van der Waals surface area contributed by atoms with Crippen LogP contribution >= 0.6 is 0 Å². The highest BCUT2D eigenvalue weighted by molar-refractivity contribution is 5.64. The molecule has 0 bridgehead atoms. The van der Waals surface area contributed by atoms with Gasteiger partial charge >= 0.3 is 6.09 Å². The molecule has 84 valence electrons. The molecule has 0 saturated carbocycles. The summed E-state index contributed by atoms with van der Waals surface area (Å²) in [5.74, 6) is 0. The van der Waals surface area contributed by atoms with Gasteiger partial charge in [0.1, 0.15) is 0 Å². The van der Waals surface area contributed by atoms with E-state index in [-0.39, 0.29) is 0 Å². The maximum atomic E-state index is 10.4. The van der Waals surface area contributed by atoms with E-state index in [0.29, 0.717) is 13.2 Å². The SMILES string of the molecule is CNCCCOCCCN(C)C(=O)O. The Morgan fingerprint density at radius 3 is 2.64 bits per heavy atom. The summed E-state index contributed by atoms with van der Waals surface area (Å²) in [6, 6.07) is 0. The first-order chi connectivity index (χ1) is 6.68. The van der Waals surface area contributed by atoms with Gasteiger partial charge in [0.15, 0.2) is 0 Å². The van der Waals surface area contributed by atoms with Gasteiger partial charge in [0.2, 0.25) is 0 Å². The number of hydrogen-bond donors (Lipinski definition) is 2. The Balaban J connectivity index is 3.09. The van der Waals surface area contributed by atoms with E-state index in [0.717, 1.165) is 26.0 Å². The van der Waals surface area contributed by atoms with Gasteiger partial charge in [-0.15, -0.1) is 0 Å². The van der Waals surface area contributed by atoms with Crippen LogP contribution in [0.4, 0.5) is 4.79 Å². The molecule has 14 heavy (non-hydrogen) atoms. The van der Waals surface area contributed by atoms with E-state index in [1.165, 1.54) is 4.90 Å². The van der Waals surface area contributed by atoms with E-state index in [1.54, 1.807) is 7.05 Å². The summed E-state index contributed by atoms with van der Waals surface area (Å²) in [5, 5.41) is 11.6. The lowest BCUT2D eigenvalue weighted by atomic mass is 10.4. The zero-order valence-corrected chi connectivity index (χ0v) is 8.95. The molecule has 2 N–H and O–H groups in total. The van der Waals surface area contributed by atoms with Crippen molar-refractivity contribution >= 4 is 6.09 Å². The molecule has 1 amide bonds. The molecule has 0 saturated heterocycles. The van der Waals surface area contributed by atoms with Gasteiger partial charge in [0, 0.05) is 26.8 Å². The minimum Gasteiger partial charge on any atom is -0.465 e. The molecule has 0 aliphatic carbocycles. The lowest BCUT2D eigenvalue weighted by Gasteiger charge is -2.12. The van der Waals surface area contributed by atoms with E-state index < -0.39 is 6.09 Å². The summed E-state index contributed by atoms with van der Waals surface area (Å²) in [4.78, 5) is 11.6. The van der Waals surface area contributed by atoms with Crippen molar-refractivity contribution in [2.45, 2.75) is 12.8 Å². The lowest BCUT2D eigenvalue weighted by molar-refractivity contribution is 0.116. The number of carbonyl (C=O) groups is 1. The smallest absolute Gasteiger partial charge is 0.407 e. The van der Waals surface area contributed by atoms with Gasteiger partial charge in [0.25, 0.3) is 0 Å². The maximum absolute atomic E-state index is 10.4. The third kappa shape index (κ3) is 7.82. The largest absolute Gasteiger partial charge is 0.465 e. The fourth-order valence-electron chi connectivity index (χ4n) is 0.952. The van der Waals surface area contributed by atoms with Crippen molar-refractivity contribution in [3.8, 4) is 0 Å². The number of carboxylic acid groups (broad SMARTS) is 1. The van der Waals surface area contributed by atoms with Crippen LogP contribution < -0.4 is 5.32 Å². The highest BCUT2D eigenvalue weighted by Crippen LogP contribution is 1.90. The van der Waals surface area contributed by atoms with Gasteiger partial charge in [-0.25, -0.2) is 4.79 Å². The standard InChI is InChI=1S/C9H20N2O3/c1-10-5-3-7-14-8-4-6-11(2)9(12)13/h10H,3-8H2,1-2H3,(H,12,13). The molecule has 0 rings (SSSR count). The van der Waals surface area contributed by atoms with Crippen LogP contribution in [-0.4, -0.2) is 56.5 Å². The van der Waals surface area contributed by atoms with Crippen LogP contribution in [0.25, 0.3) is 0 Å². The zero-order valence-electron chi connectivity index (χ0n) is 8.95. The lowest BCUT2D eigenvalue weighted by Crippen LogP contribution is -2.26. The van der Waals surface area contributed by atoms with Crippen molar-refractivity contribution in [3.63, 3.8) is 0 Å². The number of nitrogens with one attached hydrogen (secondary N) is 1. The molecule has 5 heteroatoms. The van der Waals surface area contributed by atoms with Crippen molar-refractivity contribution < 1.29 is 14.6 Å². The van der Waals surface area contributed by atoms with Gasteiger partial charge in [-0.2, -0.15) is 0 Å². The monoisotopic (exact) mass is 204 g/mol. The molecule has 0 fully saturated rings. The Morgan fingerprint density at radius 2 is 2.07 bits per heavy atom. The van der Waals surface area contributed by atoms with Crippen molar-refractivity contribution in [2.24, 2.45) is 0 Å². The number of amides is 1. The first kappa shape index (κ1) is 13.2. The average Bonchev–Trinajstić information content (AvgIpc) is 2.16. The van der Waals surface area contributed by atoms with Crippen molar-refractivity contribution in [3.05, 3.63) is 0 Å². The van der Waals surface area contributed by atoms with Gasteiger partial charge in [-0.05, 0) is 26.4 Å². The molecule has 5 nitrogen and oxygen atoms in total. The fourth-order valence-corrected chi connectivity index (χ4v) is 0.952. The minimum absolute atomic E-state index is 0.529. The highest BCUT2D eigenvalue weighted by Gasteiger charge is 2.03. The second-order valence-corrected chi connectivity index (χ2v) is 3.13. The molecule has 0 aromatic heterocycles. The molecular formula is C9H20N2O3. The quantitative estimate of drug-likeness (QED) is 0.569. The zero-order chi connectivity index (χ0) is 10.8. The molecule has 0 unspecified atom stereocenters. The molecule has 0 radical (unpaired) electrons. The molecular weight excluding hydrogens is 184 g/mol. The van der Waals surface area contributed by atoms with Gasteiger partial charge < -0.3 is 20.1 Å². The summed E-state index contributed by atoms with van der Waals surface area (Å²) in [6.07, 6.45) is 0.855. The van der Waals surface area contributed by atoms with Crippen LogP contribution in [0.15, 0.2) is 0 Å². The summed E-state index contributed by atoms with van der Waals surface area (Å²) < 4.78 is 5.31. The maximum Gasteiger partial charge on any atom is 0.407 e. The minimum atomic E-state index is -0.889. The van der Waals surface area contributed by atoms with Crippen molar-refractivity contribution in [1.29, 1.82) is 0 Å². The summed E-state index contributed by atoms with van der Waals surface area (Å²) >= 11 is 0. The van der Waals surface area contributed by atoms with Crippen LogP contribution in [-0.2, 0) is 4.74 Å². The van der Waals surface area contributed by atoms with E-state index >= 15 is 0 Å². The Kier molecular flexibility index (Phi) is 8.27. The Morgan fingerprint density at radius 1 is 1.43 bits per heavy atom. The van der Waals surface area contributed by atoms with Gasteiger partial charge in [-0.3, -0.25) is 0 Å². The van der Waals surface area contributed by atoms with E-state index in [4.69, 9.17) is 9.84 Å². The van der Waals surface area contributed by atoms with Crippen LogP contribution in [0, 0.1) is 0 Å². The predicted octanol–water partition coefficient (Wildman–Crippen LogP) is 0.612. The molecule has 0 aliphatic heterocycles. The Bertz CT molecular complexity index is 153. The molecule has 0 aliphatic rings. The number of hydrogen-bond acceptors (Lipinski definition) is 3. The average molecular weight is 204 g/mol. The summed E-state index contributed by atoms with van der Waals surface area (Å²) in [7, 11) is 3.46. The summed E-state index contributed by atoms with van der Waals surface area (Å²) in [6.45, 7) is 2.84. The van der Waals surface area contributed by atoms with Crippen molar-refractivity contribution in [1.82, 2.24) is 10.2 Å². The van der Waals surface area contributed by atoms with Crippen molar-refractivity contribution in [2.75, 3.05) is 40.4 Å². The molecule has 0 spiro atoms. The Hall–Kier alpha value is -0.810. The fraction of sp³-hybridized carbons (Fsp3) is 0.889. The van der Waals surface area contributed by atoms with E-state index in [2.05, 4.69) is 5.32 Å². The first-order valence-corrected chi connectivity index (χ1v) is 4.85. The van der Waals surface area contributed by atoms with Crippen LogP contribution in [0.5, 0.6) is 0 Å². The first-order valence-electron chi connectivity index (χ1n) is 4.85. The topological polar surface area (TPSA) is 61.8 Å². The van der Waals surface area contributed by atoms with E-state index in [9.17, 15) is 4.79 Å². The highest BCUT2D eigenvalue weighted by atomic mass is 16.5. The Labute approximate surface area is 85.0 Å². The van der Waals surface area contributed by atoms with Crippen LogP contribution in [0.1, 0.15) is 12.8 Å². The van der Waals surface area contributed by atoms with Gasteiger partial charge in [-0.1, -0.05) is 0 Å². The molecule has 0 heterocycles. The number of nitrogens with zero attached hydrogens (tertiary/aromatic N) is 1. The second-order valence-electron chi connectivity index (χ2n) is 3.13. The predicted molar refractivity (Wildman–Crippen MR) is 54.6 cm³/mol. The molecule has 0 aromatic rings. The van der Waals surface area contributed by atoms with Crippen LogP contribution in [0.3, 0.4) is 0 Å². The summed E-state index contributed by atoms with van der Waals surface area (Å²) in [5.41, 5.74) is 0. The number of ether oxygens (including phenoxy) is 1. The third-order valence-corrected chi connectivity index (χ3v) is 1.82. The van der Waals surface area contributed by atoms with E-state index in [1.807, 2.05) is 7.05 Å².